The molecular formula is C20H23ClFN7O. The van der Waals surface area contributed by atoms with Crippen molar-refractivity contribution in [1.82, 2.24) is 34.8 Å². The number of carbonyl (C=O) groups excluding carboxylic acids is 1. The van der Waals surface area contributed by atoms with Crippen LogP contribution in [0, 0.1) is 5.82 Å². The van der Waals surface area contributed by atoms with Gasteiger partial charge in [0.2, 0.25) is 0 Å². The highest BCUT2D eigenvalue weighted by Gasteiger charge is 2.29. The molecule has 0 unspecified atom stereocenters. The molecule has 1 N–H and O–H groups in total. The smallest absolute Gasteiger partial charge is 0.274 e. The highest BCUT2D eigenvalue weighted by atomic mass is 35.5. The fraction of sp³-hybridized carbons (Fsp3) is 0.400. The van der Waals surface area contributed by atoms with Crippen molar-refractivity contribution in [2.45, 2.75) is 31.8 Å². The largest absolute Gasteiger partial charge is 0.337 e. The maximum Gasteiger partial charge on any atom is 0.274 e. The Kier molecular flexibility index (Phi) is 5.83. The summed E-state index contributed by atoms with van der Waals surface area (Å²) in [6.07, 6.45) is 3.47. The van der Waals surface area contributed by atoms with E-state index in [9.17, 15) is 9.18 Å². The Hall–Kier alpha value is -2.78. The number of piperidine rings is 1. The molecule has 158 valence electrons. The number of aromatic nitrogens is 5. The molecule has 0 atom stereocenters. The minimum absolute atomic E-state index is 0. The van der Waals surface area contributed by atoms with E-state index in [2.05, 4.69) is 25.2 Å². The van der Waals surface area contributed by atoms with Gasteiger partial charge in [0.25, 0.3) is 5.91 Å². The summed E-state index contributed by atoms with van der Waals surface area (Å²) in [5.74, 6) is 2.00. The van der Waals surface area contributed by atoms with Gasteiger partial charge in [0, 0.05) is 38.3 Å². The van der Waals surface area contributed by atoms with Crippen LogP contribution in [0.2, 0.25) is 0 Å². The van der Waals surface area contributed by atoms with E-state index in [-0.39, 0.29) is 24.1 Å². The third-order valence-electron chi connectivity index (χ3n) is 5.70. The maximum absolute atomic E-state index is 13.1. The van der Waals surface area contributed by atoms with Crippen LogP contribution in [0.5, 0.6) is 0 Å². The quantitative estimate of drug-likeness (QED) is 0.687. The van der Waals surface area contributed by atoms with E-state index in [4.69, 9.17) is 0 Å². The van der Waals surface area contributed by atoms with Crippen molar-refractivity contribution in [3.05, 3.63) is 59.7 Å². The number of likely N-dealkylation sites (tertiary alicyclic amines) is 1. The summed E-state index contributed by atoms with van der Waals surface area (Å²) in [6, 6.07) is 7.73. The first-order valence-electron chi connectivity index (χ1n) is 9.92. The fourth-order valence-electron chi connectivity index (χ4n) is 4.10. The van der Waals surface area contributed by atoms with E-state index >= 15 is 0 Å². The number of rotatable bonds is 3. The highest BCUT2D eigenvalue weighted by Crippen LogP contribution is 2.28. The molecule has 0 bridgehead atoms. The van der Waals surface area contributed by atoms with Crippen molar-refractivity contribution in [2.75, 3.05) is 19.6 Å². The molecule has 1 saturated heterocycles. The molecule has 1 amide bonds. The number of benzene rings is 1. The topological polar surface area (TPSA) is 80.9 Å². The van der Waals surface area contributed by atoms with E-state index in [0.29, 0.717) is 24.7 Å². The minimum atomic E-state index is -0.301. The summed E-state index contributed by atoms with van der Waals surface area (Å²) in [6.45, 7) is 3.95. The maximum atomic E-state index is 13.1. The summed E-state index contributed by atoms with van der Waals surface area (Å²) in [4.78, 5) is 14.7. The van der Waals surface area contributed by atoms with Gasteiger partial charge in [-0.05, 0) is 43.2 Å². The Labute approximate surface area is 179 Å². The summed E-state index contributed by atoms with van der Waals surface area (Å²) in [5, 5.41) is 16.4. The van der Waals surface area contributed by atoms with E-state index in [1.807, 2.05) is 4.90 Å². The van der Waals surface area contributed by atoms with Gasteiger partial charge >= 0.3 is 0 Å². The van der Waals surface area contributed by atoms with Gasteiger partial charge in [-0.2, -0.15) is 5.10 Å². The summed E-state index contributed by atoms with van der Waals surface area (Å²) < 4.78 is 16.9. The van der Waals surface area contributed by atoms with Gasteiger partial charge in [0.15, 0.2) is 5.69 Å². The predicted octanol–water partition coefficient (Wildman–Crippen LogP) is 2.15. The van der Waals surface area contributed by atoms with Crippen LogP contribution in [0.4, 0.5) is 4.39 Å². The average Bonchev–Trinajstić information content (AvgIpc) is 3.42. The van der Waals surface area contributed by atoms with Crippen LogP contribution in [0.25, 0.3) is 5.69 Å². The van der Waals surface area contributed by atoms with Crippen molar-refractivity contribution >= 4 is 18.3 Å². The number of hydrogen-bond donors (Lipinski definition) is 1. The summed E-state index contributed by atoms with van der Waals surface area (Å²) in [7, 11) is 0. The Bertz CT molecular complexity index is 1020. The lowest BCUT2D eigenvalue weighted by molar-refractivity contribution is 0.0703. The van der Waals surface area contributed by atoms with Crippen LogP contribution < -0.4 is 5.32 Å². The average molecular weight is 432 g/mol. The molecule has 5 rings (SSSR count). The third kappa shape index (κ3) is 3.82. The molecule has 4 heterocycles. The first-order valence-corrected chi connectivity index (χ1v) is 9.92. The second kappa shape index (κ2) is 8.53. The molecule has 8 nitrogen and oxygen atoms in total. The standard InChI is InChI=1S/C20H22FN7O.ClH/c21-15-1-3-16(4-2-15)28-11-7-17(25-28)20(29)26-9-5-14(6-10-26)19-24-23-18-13-22-8-12-27(18)19;/h1-4,7,11,14,22H,5-6,8-10,12-13H2;1H. The number of halogens is 2. The Morgan fingerprint density at radius 3 is 2.60 bits per heavy atom. The Morgan fingerprint density at radius 1 is 1.07 bits per heavy atom. The molecule has 0 aliphatic carbocycles. The van der Waals surface area contributed by atoms with Crippen molar-refractivity contribution in [3.8, 4) is 5.69 Å². The van der Waals surface area contributed by atoms with Crippen molar-refractivity contribution in [1.29, 1.82) is 0 Å². The van der Waals surface area contributed by atoms with E-state index in [0.717, 1.165) is 49.8 Å². The summed E-state index contributed by atoms with van der Waals surface area (Å²) >= 11 is 0. The van der Waals surface area contributed by atoms with Gasteiger partial charge in [-0.15, -0.1) is 22.6 Å². The van der Waals surface area contributed by atoms with Crippen LogP contribution in [0.15, 0.2) is 36.5 Å². The molecule has 0 saturated carbocycles. The van der Waals surface area contributed by atoms with Crippen LogP contribution in [-0.4, -0.2) is 55.0 Å². The van der Waals surface area contributed by atoms with Gasteiger partial charge in [-0.25, -0.2) is 9.07 Å². The lowest BCUT2D eigenvalue weighted by Crippen LogP contribution is -2.39. The lowest BCUT2D eigenvalue weighted by Gasteiger charge is -2.31. The SMILES string of the molecule is Cl.O=C(c1ccn(-c2ccc(F)cc2)n1)N1CCC(c2nnc3n2CCNC3)CC1. The zero-order valence-corrected chi connectivity index (χ0v) is 17.2. The van der Waals surface area contributed by atoms with Crippen molar-refractivity contribution in [2.24, 2.45) is 0 Å². The van der Waals surface area contributed by atoms with Crippen molar-refractivity contribution < 1.29 is 9.18 Å². The van der Waals surface area contributed by atoms with E-state index < -0.39 is 0 Å². The van der Waals surface area contributed by atoms with Crippen LogP contribution in [0.1, 0.15) is 40.9 Å². The molecule has 10 heteroatoms. The zero-order valence-electron chi connectivity index (χ0n) is 16.4. The molecule has 1 aromatic carbocycles. The van der Waals surface area contributed by atoms with Gasteiger partial charge in [0.1, 0.15) is 17.5 Å². The lowest BCUT2D eigenvalue weighted by atomic mass is 9.95. The number of amides is 1. The molecule has 0 radical (unpaired) electrons. The predicted molar refractivity (Wildman–Crippen MR) is 110 cm³/mol. The molecule has 2 aliphatic rings. The first-order chi connectivity index (χ1) is 14.2. The van der Waals surface area contributed by atoms with Gasteiger partial charge < -0.3 is 14.8 Å². The van der Waals surface area contributed by atoms with E-state index in [1.165, 1.54) is 12.1 Å². The molecular weight excluding hydrogens is 409 g/mol. The van der Waals surface area contributed by atoms with Gasteiger partial charge in [0.05, 0.1) is 12.2 Å². The molecule has 2 aliphatic heterocycles. The normalized spacial score (nSPS) is 16.8. The molecule has 3 aromatic rings. The first kappa shape index (κ1) is 20.5. The van der Waals surface area contributed by atoms with Crippen molar-refractivity contribution in [3.63, 3.8) is 0 Å². The van der Waals surface area contributed by atoms with E-state index in [1.54, 1.807) is 29.1 Å². The number of fused-ring (bicyclic) bond motifs is 1. The number of carbonyl (C=O) groups is 1. The third-order valence-corrected chi connectivity index (χ3v) is 5.70. The second-order valence-corrected chi connectivity index (χ2v) is 7.49. The fourth-order valence-corrected chi connectivity index (χ4v) is 4.10. The molecule has 2 aromatic heterocycles. The monoisotopic (exact) mass is 431 g/mol. The second-order valence-electron chi connectivity index (χ2n) is 7.49. The van der Waals surface area contributed by atoms with Crippen LogP contribution in [-0.2, 0) is 13.1 Å². The summed E-state index contributed by atoms with van der Waals surface area (Å²) in [5.41, 5.74) is 1.12. The molecule has 0 spiro atoms. The van der Waals surface area contributed by atoms with Gasteiger partial charge in [-0.3, -0.25) is 4.79 Å². The Balaban J connectivity index is 0.00000218. The number of hydrogen-bond acceptors (Lipinski definition) is 5. The zero-order chi connectivity index (χ0) is 19.8. The molecule has 30 heavy (non-hydrogen) atoms. The number of nitrogens with one attached hydrogen (secondary N) is 1. The molecule has 1 fully saturated rings. The Morgan fingerprint density at radius 2 is 1.83 bits per heavy atom. The highest BCUT2D eigenvalue weighted by molar-refractivity contribution is 5.92. The van der Waals surface area contributed by atoms with Crippen LogP contribution in [0.3, 0.4) is 0 Å². The number of nitrogens with zero attached hydrogens (tertiary/aromatic N) is 6. The van der Waals surface area contributed by atoms with Gasteiger partial charge in [-0.1, -0.05) is 0 Å². The minimum Gasteiger partial charge on any atom is -0.337 e. The van der Waals surface area contributed by atoms with Crippen LogP contribution >= 0.6 is 12.4 Å².